The first-order valence-electron chi connectivity index (χ1n) is 7.24. The van der Waals surface area contributed by atoms with E-state index in [2.05, 4.69) is 5.32 Å². The molecule has 0 spiro atoms. The summed E-state index contributed by atoms with van der Waals surface area (Å²) in [6, 6.07) is 23.2. The predicted molar refractivity (Wildman–Crippen MR) is 89.1 cm³/mol. The van der Waals surface area contributed by atoms with Crippen molar-refractivity contribution in [2.75, 3.05) is 5.32 Å². The molecule has 110 valence electrons. The van der Waals surface area contributed by atoms with E-state index in [1.807, 2.05) is 72.8 Å². The Morgan fingerprint density at radius 3 is 2.36 bits per heavy atom. The van der Waals surface area contributed by atoms with Gasteiger partial charge in [0.2, 0.25) is 0 Å². The van der Waals surface area contributed by atoms with Crippen molar-refractivity contribution >= 4 is 22.4 Å². The third-order valence-corrected chi connectivity index (χ3v) is 3.44. The van der Waals surface area contributed by atoms with Gasteiger partial charge in [-0.3, -0.25) is 4.79 Å². The molecule has 0 saturated heterocycles. The highest BCUT2D eigenvalue weighted by Crippen LogP contribution is 2.21. The van der Waals surface area contributed by atoms with Crippen LogP contribution in [-0.2, 0) is 4.79 Å². The quantitative estimate of drug-likeness (QED) is 0.780. The molecule has 3 aromatic carbocycles. The van der Waals surface area contributed by atoms with E-state index in [0.29, 0.717) is 5.75 Å². The summed E-state index contributed by atoms with van der Waals surface area (Å²) in [7, 11) is 0. The van der Waals surface area contributed by atoms with E-state index in [1.54, 1.807) is 6.92 Å². The monoisotopic (exact) mass is 291 g/mol. The van der Waals surface area contributed by atoms with Gasteiger partial charge in [0.1, 0.15) is 5.75 Å². The molecule has 0 saturated carbocycles. The maximum Gasteiger partial charge on any atom is 0.265 e. The van der Waals surface area contributed by atoms with Gasteiger partial charge < -0.3 is 10.1 Å². The number of para-hydroxylation sites is 1. The highest BCUT2D eigenvalue weighted by atomic mass is 16.5. The van der Waals surface area contributed by atoms with Crippen LogP contribution in [0.1, 0.15) is 6.92 Å². The molecule has 0 unspecified atom stereocenters. The number of nitrogens with one attached hydrogen (secondary N) is 1. The summed E-state index contributed by atoms with van der Waals surface area (Å²) in [5.41, 5.74) is 0.765. The Morgan fingerprint density at radius 2 is 1.59 bits per heavy atom. The highest BCUT2D eigenvalue weighted by Gasteiger charge is 2.14. The number of hydrogen-bond donors (Lipinski definition) is 1. The van der Waals surface area contributed by atoms with Gasteiger partial charge in [-0.15, -0.1) is 0 Å². The summed E-state index contributed by atoms with van der Waals surface area (Å²) in [5.74, 6) is 0.522. The maximum absolute atomic E-state index is 12.1. The Hall–Kier alpha value is -2.81. The average Bonchev–Trinajstić information content (AvgIpc) is 2.55. The van der Waals surface area contributed by atoms with Crippen molar-refractivity contribution in [3.8, 4) is 5.75 Å². The lowest BCUT2D eigenvalue weighted by Gasteiger charge is -2.15. The zero-order valence-corrected chi connectivity index (χ0v) is 12.3. The van der Waals surface area contributed by atoms with Crippen LogP contribution in [-0.4, -0.2) is 12.0 Å². The number of fused-ring (bicyclic) bond motifs is 1. The predicted octanol–water partition coefficient (Wildman–Crippen LogP) is 4.25. The van der Waals surface area contributed by atoms with Crippen LogP contribution in [0.15, 0.2) is 72.8 Å². The second kappa shape index (κ2) is 6.31. The minimum atomic E-state index is -0.568. The zero-order chi connectivity index (χ0) is 15.4. The van der Waals surface area contributed by atoms with Gasteiger partial charge in [-0.05, 0) is 42.0 Å². The van der Waals surface area contributed by atoms with E-state index in [0.717, 1.165) is 16.5 Å². The Labute approximate surface area is 129 Å². The van der Waals surface area contributed by atoms with Crippen LogP contribution >= 0.6 is 0 Å². The molecule has 0 bridgehead atoms. The average molecular weight is 291 g/mol. The molecule has 22 heavy (non-hydrogen) atoms. The van der Waals surface area contributed by atoms with E-state index in [4.69, 9.17) is 4.74 Å². The molecule has 1 N–H and O–H groups in total. The molecule has 0 aromatic heterocycles. The minimum Gasteiger partial charge on any atom is -0.481 e. The number of amides is 1. The van der Waals surface area contributed by atoms with Crippen LogP contribution in [0.3, 0.4) is 0 Å². The fourth-order valence-corrected chi connectivity index (χ4v) is 2.26. The molecule has 3 aromatic rings. The summed E-state index contributed by atoms with van der Waals surface area (Å²) < 4.78 is 5.74. The summed E-state index contributed by atoms with van der Waals surface area (Å²) in [6.07, 6.45) is -0.568. The molecule has 0 aliphatic rings. The molecule has 0 heterocycles. The molecule has 3 heteroatoms. The molecule has 1 atom stereocenters. The van der Waals surface area contributed by atoms with Gasteiger partial charge in [0, 0.05) is 5.69 Å². The van der Waals surface area contributed by atoms with E-state index < -0.39 is 6.10 Å². The third-order valence-electron chi connectivity index (χ3n) is 3.44. The van der Waals surface area contributed by atoms with Gasteiger partial charge in [-0.2, -0.15) is 0 Å². The van der Waals surface area contributed by atoms with E-state index in [9.17, 15) is 4.79 Å². The first-order chi connectivity index (χ1) is 10.7. The highest BCUT2D eigenvalue weighted by molar-refractivity contribution is 5.94. The lowest BCUT2D eigenvalue weighted by molar-refractivity contribution is -0.122. The van der Waals surface area contributed by atoms with Gasteiger partial charge in [0.15, 0.2) is 6.10 Å². The lowest BCUT2D eigenvalue weighted by Crippen LogP contribution is -2.30. The molecule has 0 aliphatic carbocycles. The number of carbonyl (C=O) groups excluding carboxylic acids is 1. The Balaban J connectivity index is 1.69. The number of ether oxygens (including phenoxy) is 1. The van der Waals surface area contributed by atoms with Crippen molar-refractivity contribution in [1.82, 2.24) is 0 Å². The van der Waals surface area contributed by atoms with Gasteiger partial charge in [0.05, 0.1) is 0 Å². The summed E-state index contributed by atoms with van der Waals surface area (Å²) in [6.45, 7) is 1.74. The summed E-state index contributed by atoms with van der Waals surface area (Å²) in [5, 5.41) is 5.08. The minimum absolute atomic E-state index is 0.167. The molecule has 3 nitrogen and oxygen atoms in total. The van der Waals surface area contributed by atoms with Crippen LogP contribution in [0.25, 0.3) is 10.8 Å². The van der Waals surface area contributed by atoms with Crippen molar-refractivity contribution in [1.29, 1.82) is 0 Å². The Bertz CT molecular complexity index is 784. The van der Waals surface area contributed by atoms with Crippen molar-refractivity contribution in [2.45, 2.75) is 13.0 Å². The second-order valence-corrected chi connectivity index (χ2v) is 5.12. The largest absolute Gasteiger partial charge is 0.481 e. The maximum atomic E-state index is 12.1. The fraction of sp³-hybridized carbons (Fsp3) is 0.105. The first-order valence-corrected chi connectivity index (χ1v) is 7.24. The van der Waals surface area contributed by atoms with Crippen molar-refractivity contribution in [3.05, 3.63) is 72.8 Å². The Morgan fingerprint density at radius 1 is 0.909 bits per heavy atom. The molecule has 1 amide bonds. The van der Waals surface area contributed by atoms with Crippen LogP contribution in [0.5, 0.6) is 5.75 Å². The number of rotatable bonds is 4. The van der Waals surface area contributed by atoms with Crippen LogP contribution < -0.4 is 10.1 Å². The molecular weight excluding hydrogens is 274 g/mol. The Kier molecular flexibility index (Phi) is 4.05. The standard InChI is InChI=1S/C19H17NO2/c1-14(19(21)20-17-9-3-2-4-10-17)22-18-12-11-15-7-5-6-8-16(15)13-18/h2-14H,1H3,(H,20,21)/t14-/m0/s1. The smallest absolute Gasteiger partial charge is 0.265 e. The van der Waals surface area contributed by atoms with Gasteiger partial charge in [0.25, 0.3) is 5.91 Å². The van der Waals surface area contributed by atoms with Gasteiger partial charge in [-0.1, -0.05) is 48.5 Å². The topological polar surface area (TPSA) is 38.3 Å². The van der Waals surface area contributed by atoms with E-state index in [-0.39, 0.29) is 5.91 Å². The first kappa shape index (κ1) is 14.1. The zero-order valence-electron chi connectivity index (χ0n) is 12.3. The van der Waals surface area contributed by atoms with Crippen molar-refractivity contribution < 1.29 is 9.53 Å². The molecule has 3 rings (SSSR count). The van der Waals surface area contributed by atoms with Crippen molar-refractivity contribution in [3.63, 3.8) is 0 Å². The summed E-state index contributed by atoms with van der Waals surface area (Å²) in [4.78, 5) is 12.1. The number of hydrogen-bond acceptors (Lipinski definition) is 2. The normalized spacial score (nSPS) is 11.9. The van der Waals surface area contributed by atoms with Crippen LogP contribution in [0.2, 0.25) is 0 Å². The third kappa shape index (κ3) is 3.26. The summed E-state index contributed by atoms with van der Waals surface area (Å²) >= 11 is 0. The fourth-order valence-electron chi connectivity index (χ4n) is 2.26. The van der Waals surface area contributed by atoms with Gasteiger partial charge >= 0.3 is 0 Å². The lowest BCUT2D eigenvalue weighted by atomic mass is 10.1. The van der Waals surface area contributed by atoms with Crippen molar-refractivity contribution in [2.24, 2.45) is 0 Å². The van der Waals surface area contributed by atoms with Crippen LogP contribution in [0, 0.1) is 0 Å². The molecule has 0 radical (unpaired) electrons. The SMILES string of the molecule is C[C@H](Oc1ccc2ccccc2c1)C(=O)Nc1ccccc1. The van der Waals surface area contributed by atoms with Gasteiger partial charge in [-0.25, -0.2) is 0 Å². The second-order valence-electron chi connectivity index (χ2n) is 5.12. The number of benzene rings is 3. The van der Waals surface area contributed by atoms with E-state index >= 15 is 0 Å². The molecular formula is C19H17NO2. The van der Waals surface area contributed by atoms with E-state index in [1.165, 1.54) is 0 Å². The van der Waals surface area contributed by atoms with Crippen LogP contribution in [0.4, 0.5) is 5.69 Å². The number of carbonyl (C=O) groups is 1. The molecule has 0 fully saturated rings. The molecule has 0 aliphatic heterocycles. The number of anilines is 1.